The predicted molar refractivity (Wildman–Crippen MR) is 52.0 cm³/mol. The smallest absolute Gasteiger partial charge is 0.220 e. The highest BCUT2D eigenvalue weighted by Crippen LogP contribution is 1.98. The average molecular weight is 169 g/mol. The first-order valence-corrected chi connectivity index (χ1v) is 4.58. The molecule has 2 heteroatoms. The van der Waals surface area contributed by atoms with Crippen LogP contribution in [0.25, 0.3) is 0 Å². The van der Waals surface area contributed by atoms with Crippen molar-refractivity contribution >= 4 is 5.91 Å². The van der Waals surface area contributed by atoms with Gasteiger partial charge in [-0.1, -0.05) is 31.9 Å². The summed E-state index contributed by atoms with van der Waals surface area (Å²) < 4.78 is 0. The molecule has 1 amide bonds. The fourth-order valence-corrected chi connectivity index (χ4v) is 0.873. The van der Waals surface area contributed by atoms with Gasteiger partial charge in [-0.3, -0.25) is 4.79 Å². The number of hydrogen-bond donors (Lipinski definition) is 1. The van der Waals surface area contributed by atoms with Crippen molar-refractivity contribution in [1.82, 2.24) is 5.32 Å². The van der Waals surface area contributed by atoms with Crippen LogP contribution in [0.4, 0.5) is 0 Å². The van der Waals surface area contributed by atoms with Gasteiger partial charge in [0.15, 0.2) is 0 Å². The second-order valence-corrected chi connectivity index (χ2v) is 3.19. The number of carbonyl (C=O) groups is 1. The molecule has 0 aliphatic heterocycles. The Balaban J connectivity index is 3.28. The number of amides is 1. The maximum Gasteiger partial charge on any atom is 0.220 e. The summed E-state index contributed by atoms with van der Waals surface area (Å²) in [6, 6.07) is 0. The largest absolute Gasteiger partial charge is 0.352 e. The second kappa shape index (κ2) is 6.89. The van der Waals surface area contributed by atoms with Gasteiger partial charge in [0.05, 0.1) is 0 Å². The van der Waals surface area contributed by atoms with Crippen molar-refractivity contribution in [3.05, 3.63) is 12.2 Å². The van der Waals surface area contributed by atoms with Gasteiger partial charge in [0.25, 0.3) is 0 Å². The lowest BCUT2D eigenvalue weighted by Gasteiger charge is -2.03. The second-order valence-electron chi connectivity index (χ2n) is 3.19. The van der Waals surface area contributed by atoms with E-state index in [0.717, 1.165) is 24.8 Å². The van der Waals surface area contributed by atoms with Crippen LogP contribution in [-0.2, 0) is 4.79 Å². The molecule has 1 N–H and O–H groups in total. The lowest BCUT2D eigenvalue weighted by Crippen LogP contribution is -2.24. The highest BCUT2D eigenvalue weighted by atomic mass is 16.1. The molecule has 0 unspecified atom stereocenters. The van der Waals surface area contributed by atoms with Crippen molar-refractivity contribution in [2.24, 2.45) is 0 Å². The van der Waals surface area contributed by atoms with Crippen molar-refractivity contribution in [3.63, 3.8) is 0 Å². The molecule has 0 aromatic heterocycles. The van der Waals surface area contributed by atoms with E-state index in [9.17, 15) is 4.79 Å². The summed E-state index contributed by atoms with van der Waals surface area (Å²) in [5, 5.41) is 2.80. The Morgan fingerprint density at radius 1 is 1.42 bits per heavy atom. The van der Waals surface area contributed by atoms with E-state index in [0.29, 0.717) is 13.0 Å². The van der Waals surface area contributed by atoms with Crippen LogP contribution < -0.4 is 5.32 Å². The monoisotopic (exact) mass is 169 g/mol. The Morgan fingerprint density at radius 2 is 2.08 bits per heavy atom. The maximum atomic E-state index is 11.1. The summed E-state index contributed by atoms with van der Waals surface area (Å²) in [7, 11) is 0. The average Bonchev–Trinajstić information content (AvgIpc) is 2.01. The van der Waals surface area contributed by atoms with E-state index in [-0.39, 0.29) is 5.91 Å². The van der Waals surface area contributed by atoms with Crippen molar-refractivity contribution in [2.45, 2.75) is 39.5 Å². The van der Waals surface area contributed by atoms with Crippen LogP contribution in [-0.4, -0.2) is 12.5 Å². The predicted octanol–water partition coefficient (Wildman–Crippen LogP) is 2.26. The van der Waals surface area contributed by atoms with E-state index >= 15 is 0 Å². The van der Waals surface area contributed by atoms with Gasteiger partial charge in [-0.15, -0.1) is 0 Å². The van der Waals surface area contributed by atoms with Crippen molar-refractivity contribution < 1.29 is 4.79 Å². The minimum absolute atomic E-state index is 0.145. The maximum absolute atomic E-state index is 11.1. The van der Waals surface area contributed by atoms with E-state index < -0.39 is 0 Å². The third-order valence-corrected chi connectivity index (χ3v) is 1.59. The lowest BCUT2D eigenvalue weighted by molar-refractivity contribution is -0.121. The van der Waals surface area contributed by atoms with Gasteiger partial charge in [0.1, 0.15) is 0 Å². The Hall–Kier alpha value is -0.790. The molecule has 0 aromatic carbocycles. The molecule has 0 saturated carbocycles. The summed E-state index contributed by atoms with van der Waals surface area (Å²) in [6.07, 6.45) is 3.95. The molecule has 0 bridgehead atoms. The fraction of sp³-hybridized carbons (Fsp3) is 0.700. The van der Waals surface area contributed by atoms with E-state index in [1.165, 1.54) is 0 Å². The number of nitrogens with one attached hydrogen (secondary N) is 1. The van der Waals surface area contributed by atoms with Gasteiger partial charge < -0.3 is 5.32 Å². The molecule has 0 aromatic rings. The molecule has 0 radical (unpaired) electrons. The Kier molecular flexibility index (Phi) is 6.44. The zero-order valence-electron chi connectivity index (χ0n) is 8.15. The molecule has 70 valence electrons. The molecule has 0 aliphatic rings. The summed E-state index contributed by atoms with van der Waals surface area (Å²) in [5.74, 6) is 0.145. The number of hydrogen-bond acceptors (Lipinski definition) is 1. The summed E-state index contributed by atoms with van der Waals surface area (Å²) in [5.41, 5.74) is 0.999. The third-order valence-electron chi connectivity index (χ3n) is 1.59. The molecule has 12 heavy (non-hydrogen) atoms. The van der Waals surface area contributed by atoms with E-state index in [2.05, 4.69) is 18.8 Å². The molecular weight excluding hydrogens is 150 g/mol. The fourth-order valence-electron chi connectivity index (χ4n) is 0.873. The SMILES string of the molecule is C=C(C)CNC(=O)CCCCC. The quantitative estimate of drug-likeness (QED) is 0.479. The lowest BCUT2D eigenvalue weighted by atomic mass is 10.2. The van der Waals surface area contributed by atoms with Gasteiger partial charge in [-0.25, -0.2) is 0 Å². The van der Waals surface area contributed by atoms with Gasteiger partial charge >= 0.3 is 0 Å². The normalized spacial score (nSPS) is 9.50. The minimum Gasteiger partial charge on any atom is -0.352 e. The standard InChI is InChI=1S/C10H19NO/c1-4-5-6-7-10(12)11-8-9(2)3/h2,4-8H2,1,3H3,(H,11,12). The molecule has 0 spiro atoms. The Labute approximate surface area is 75.0 Å². The number of carbonyl (C=O) groups excluding carboxylic acids is 1. The first kappa shape index (κ1) is 11.2. The molecule has 0 fully saturated rings. The minimum atomic E-state index is 0.145. The molecule has 2 nitrogen and oxygen atoms in total. The van der Waals surface area contributed by atoms with Crippen LogP contribution in [0.5, 0.6) is 0 Å². The highest BCUT2D eigenvalue weighted by Gasteiger charge is 1.98. The molecule has 0 aliphatic carbocycles. The van der Waals surface area contributed by atoms with Gasteiger partial charge in [0.2, 0.25) is 5.91 Å². The van der Waals surface area contributed by atoms with Crippen LogP contribution in [0, 0.1) is 0 Å². The molecule has 0 atom stereocenters. The highest BCUT2D eigenvalue weighted by molar-refractivity contribution is 5.76. The van der Waals surface area contributed by atoms with E-state index in [1.807, 2.05) is 6.92 Å². The molecular formula is C10H19NO. The molecule has 0 saturated heterocycles. The van der Waals surface area contributed by atoms with Gasteiger partial charge in [0, 0.05) is 13.0 Å². The Morgan fingerprint density at radius 3 is 2.58 bits per heavy atom. The zero-order valence-corrected chi connectivity index (χ0v) is 8.15. The number of rotatable bonds is 6. The van der Waals surface area contributed by atoms with Crippen LogP contribution in [0.1, 0.15) is 39.5 Å². The van der Waals surface area contributed by atoms with Gasteiger partial charge in [-0.2, -0.15) is 0 Å². The van der Waals surface area contributed by atoms with Gasteiger partial charge in [-0.05, 0) is 13.3 Å². The summed E-state index contributed by atoms with van der Waals surface area (Å²) in [6.45, 7) is 8.36. The van der Waals surface area contributed by atoms with E-state index in [1.54, 1.807) is 0 Å². The molecule has 0 heterocycles. The van der Waals surface area contributed by atoms with Crippen molar-refractivity contribution in [3.8, 4) is 0 Å². The van der Waals surface area contributed by atoms with Crippen LogP contribution in [0.2, 0.25) is 0 Å². The van der Waals surface area contributed by atoms with Crippen molar-refractivity contribution in [1.29, 1.82) is 0 Å². The summed E-state index contributed by atoms with van der Waals surface area (Å²) >= 11 is 0. The zero-order chi connectivity index (χ0) is 9.40. The van der Waals surface area contributed by atoms with Crippen LogP contribution in [0.15, 0.2) is 12.2 Å². The Bertz CT molecular complexity index is 152. The van der Waals surface area contributed by atoms with E-state index in [4.69, 9.17) is 0 Å². The third kappa shape index (κ3) is 7.32. The molecule has 0 rings (SSSR count). The van der Waals surface area contributed by atoms with Crippen LogP contribution >= 0.6 is 0 Å². The first-order chi connectivity index (χ1) is 5.66. The first-order valence-electron chi connectivity index (χ1n) is 4.58. The number of unbranched alkanes of at least 4 members (excludes halogenated alkanes) is 2. The summed E-state index contributed by atoms with van der Waals surface area (Å²) in [4.78, 5) is 11.1. The van der Waals surface area contributed by atoms with Crippen LogP contribution in [0.3, 0.4) is 0 Å². The topological polar surface area (TPSA) is 29.1 Å². The van der Waals surface area contributed by atoms with Crippen molar-refractivity contribution in [2.75, 3.05) is 6.54 Å².